The van der Waals surface area contributed by atoms with E-state index in [2.05, 4.69) is 5.32 Å². The van der Waals surface area contributed by atoms with Gasteiger partial charge in [0.1, 0.15) is 6.61 Å². The van der Waals surface area contributed by atoms with Crippen LogP contribution in [0, 0.1) is 0 Å². The van der Waals surface area contributed by atoms with Gasteiger partial charge in [0.15, 0.2) is 6.30 Å². The van der Waals surface area contributed by atoms with E-state index in [1.54, 1.807) is 29.2 Å². The van der Waals surface area contributed by atoms with E-state index < -0.39 is 12.4 Å². The van der Waals surface area contributed by atoms with Crippen LogP contribution in [0.2, 0.25) is 0 Å². The summed E-state index contributed by atoms with van der Waals surface area (Å²) < 4.78 is 24.1. The molecule has 0 aromatic heterocycles. The van der Waals surface area contributed by atoms with E-state index in [1.165, 1.54) is 0 Å². The van der Waals surface area contributed by atoms with Crippen molar-refractivity contribution in [1.29, 1.82) is 0 Å². The van der Waals surface area contributed by atoms with Crippen molar-refractivity contribution in [3.63, 3.8) is 0 Å². The molecule has 1 N–H and O–H groups in total. The number of amides is 1. The van der Waals surface area contributed by atoms with Gasteiger partial charge in [-0.1, -0.05) is 30.3 Å². The molecule has 3 rings (SSSR count). The number of hydrogen-bond acceptors (Lipinski definition) is 4. The Morgan fingerprint density at radius 1 is 1.21 bits per heavy atom. The van der Waals surface area contributed by atoms with Gasteiger partial charge < -0.3 is 14.4 Å². The molecule has 0 bridgehead atoms. The smallest absolute Gasteiger partial charge is 0.411 e. The minimum atomic E-state index is -1.15. The van der Waals surface area contributed by atoms with E-state index in [-0.39, 0.29) is 13.2 Å². The van der Waals surface area contributed by atoms with Crippen LogP contribution >= 0.6 is 0 Å². The van der Waals surface area contributed by atoms with E-state index in [9.17, 15) is 9.18 Å². The first-order valence-corrected chi connectivity index (χ1v) is 7.78. The lowest BCUT2D eigenvalue weighted by Gasteiger charge is -2.32. The molecule has 2 aromatic rings. The van der Waals surface area contributed by atoms with Gasteiger partial charge in [-0.3, -0.25) is 5.32 Å². The number of carbonyl (C=O) groups excluding carboxylic acids is 1. The van der Waals surface area contributed by atoms with Crippen LogP contribution in [0.15, 0.2) is 54.6 Å². The highest BCUT2D eigenvalue weighted by atomic mass is 19.1. The van der Waals surface area contributed by atoms with E-state index in [4.69, 9.17) is 9.47 Å². The third kappa shape index (κ3) is 4.23. The van der Waals surface area contributed by atoms with Crippen molar-refractivity contribution >= 4 is 17.5 Å². The fraction of sp³-hybridized carbons (Fsp3) is 0.278. The summed E-state index contributed by atoms with van der Waals surface area (Å²) in [6.07, 6.45) is -1.67. The molecule has 0 saturated carbocycles. The lowest BCUT2D eigenvalue weighted by Crippen LogP contribution is -2.42. The maximum Gasteiger partial charge on any atom is 0.411 e. The minimum absolute atomic E-state index is 0.0752. The number of hydrogen-bond donors (Lipinski definition) is 1. The first kappa shape index (κ1) is 16.3. The first-order valence-electron chi connectivity index (χ1n) is 7.78. The zero-order valence-corrected chi connectivity index (χ0v) is 13.2. The van der Waals surface area contributed by atoms with E-state index in [0.29, 0.717) is 18.8 Å². The molecule has 1 saturated heterocycles. The number of anilines is 2. The SMILES string of the molecule is O=C(Nc1ccc(N2CCOCC2F)cc1)OCc1ccccc1. The van der Waals surface area contributed by atoms with Gasteiger partial charge in [0.25, 0.3) is 0 Å². The van der Waals surface area contributed by atoms with Gasteiger partial charge in [-0.2, -0.15) is 0 Å². The summed E-state index contributed by atoms with van der Waals surface area (Å²) in [5.41, 5.74) is 2.28. The third-order valence-electron chi connectivity index (χ3n) is 3.73. The molecular weight excluding hydrogens is 311 g/mol. The average molecular weight is 330 g/mol. The van der Waals surface area contributed by atoms with Crippen molar-refractivity contribution < 1.29 is 18.7 Å². The quantitative estimate of drug-likeness (QED) is 0.871. The topological polar surface area (TPSA) is 50.8 Å². The molecule has 1 fully saturated rings. The minimum Gasteiger partial charge on any atom is -0.444 e. The Bertz CT molecular complexity index is 664. The number of nitrogens with one attached hydrogen (secondary N) is 1. The molecule has 1 unspecified atom stereocenters. The monoisotopic (exact) mass is 330 g/mol. The Hall–Kier alpha value is -2.60. The first-order chi connectivity index (χ1) is 11.7. The molecule has 5 nitrogen and oxygen atoms in total. The maximum atomic E-state index is 13.8. The van der Waals surface area contributed by atoms with Crippen LogP contribution in [-0.4, -0.2) is 32.1 Å². The fourth-order valence-corrected chi connectivity index (χ4v) is 2.48. The Kier molecular flexibility index (Phi) is 5.28. The molecule has 6 heteroatoms. The van der Waals surface area contributed by atoms with Gasteiger partial charge in [-0.25, -0.2) is 9.18 Å². The number of rotatable bonds is 4. The molecule has 1 amide bonds. The van der Waals surface area contributed by atoms with Crippen molar-refractivity contribution in [2.45, 2.75) is 12.9 Å². The second kappa shape index (κ2) is 7.79. The summed E-state index contributed by atoms with van der Waals surface area (Å²) in [6.45, 7) is 1.30. The number of halogens is 1. The molecule has 1 aliphatic heterocycles. The summed E-state index contributed by atoms with van der Waals surface area (Å²) in [4.78, 5) is 13.4. The van der Waals surface area contributed by atoms with Gasteiger partial charge in [0.2, 0.25) is 0 Å². The molecule has 0 spiro atoms. The van der Waals surface area contributed by atoms with Crippen LogP contribution < -0.4 is 10.2 Å². The van der Waals surface area contributed by atoms with E-state index in [1.807, 2.05) is 30.3 Å². The number of alkyl halides is 1. The number of benzene rings is 2. The van der Waals surface area contributed by atoms with Gasteiger partial charge in [0.05, 0.1) is 13.2 Å². The molecule has 2 aromatic carbocycles. The normalized spacial score (nSPS) is 17.4. The van der Waals surface area contributed by atoms with Crippen molar-refractivity contribution in [1.82, 2.24) is 0 Å². The number of nitrogens with zero attached hydrogens (tertiary/aromatic N) is 1. The largest absolute Gasteiger partial charge is 0.444 e. The molecule has 24 heavy (non-hydrogen) atoms. The Labute approximate surface area is 140 Å². The van der Waals surface area contributed by atoms with E-state index in [0.717, 1.165) is 11.3 Å². The molecule has 1 heterocycles. The molecule has 0 radical (unpaired) electrons. The number of morpholine rings is 1. The van der Waals surface area contributed by atoms with Crippen LogP contribution in [-0.2, 0) is 16.1 Å². The molecule has 0 aliphatic carbocycles. The molecule has 1 atom stereocenters. The lowest BCUT2D eigenvalue weighted by atomic mass is 10.2. The summed E-state index contributed by atoms with van der Waals surface area (Å²) in [7, 11) is 0. The Morgan fingerprint density at radius 2 is 1.96 bits per heavy atom. The Balaban J connectivity index is 1.53. The second-order valence-electron chi connectivity index (χ2n) is 5.44. The van der Waals surface area contributed by atoms with Crippen molar-refractivity contribution in [2.75, 3.05) is 30.0 Å². The highest BCUT2D eigenvalue weighted by Gasteiger charge is 2.22. The van der Waals surface area contributed by atoms with Gasteiger partial charge in [-0.05, 0) is 29.8 Å². The predicted octanol–water partition coefficient (Wildman–Crippen LogP) is 3.57. The number of ether oxygens (including phenoxy) is 2. The summed E-state index contributed by atoms with van der Waals surface area (Å²) >= 11 is 0. The second-order valence-corrected chi connectivity index (χ2v) is 5.44. The third-order valence-corrected chi connectivity index (χ3v) is 3.73. The zero-order chi connectivity index (χ0) is 16.8. The molecule has 1 aliphatic rings. The van der Waals surface area contributed by atoms with Crippen LogP contribution in [0.3, 0.4) is 0 Å². The highest BCUT2D eigenvalue weighted by Crippen LogP contribution is 2.22. The number of carbonyl (C=O) groups is 1. The standard InChI is InChI=1S/C18H19FN2O3/c19-17-13-23-11-10-21(17)16-8-6-15(7-9-16)20-18(22)24-12-14-4-2-1-3-5-14/h1-9,17H,10-13H2,(H,20,22). The summed E-state index contributed by atoms with van der Waals surface area (Å²) in [5, 5.41) is 2.66. The van der Waals surface area contributed by atoms with Gasteiger partial charge >= 0.3 is 6.09 Å². The fourth-order valence-electron chi connectivity index (χ4n) is 2.48. The zero-order valence-electron chi connectivity index (χ0n) is 13.2. The van der Waals surface area contributed by atoms with Gasteiger partial charge in [-0.15, -0.1) is 0 Å². The predicted molar refractivity (Wildman–Crippen MR) is 89.8 cm³/mol. The van der Waals surface area contributed by atoms with Crippen LogP contribution in [0.5, 0.6) is 0 Å². The van der Waals surface area contributed by atoms with Crippen LogP contribution in [0.4, 0.5) is 20.6 Å². The van der Waals surface area contributed by atoms with E-state index >= 15 is 0 Å². The van der Waals surface area contributed by atoms with Gasteiger partial charge in [0, 0.05) is 17.9 Å². The Morgan fingerprint density at radius 3 is 2.67 bits per heavy atom. The average Bonchev–Trinajstić information content (AvgIpc) is 2.62. The van der Waals surface area contributed by atoms with Crippen molar-refractivity contribution in [3.05, 3.63) is 60.2 Å². The summed E-state index contributed by atoms with van der Waals surface area (Å²) in [6, 6.07) is 16.4. The van der Waals surface area contributed by atoms with Crippen LogP contribution in [0.1, 0.15) is 5.56 Å². The molecule has 126 valence electrons. The lowest BCUT2D eigenvalue weighted by molar-refractivity contribution is 0.0497. The highest BCUT2D eigenvalue weighted by molar-refractivity contribution is 5.84. The maximum absolute atomic E-state index is 13.8. The van der Waals surface area contributed by atoms with Crippen molar-refractivity contribution in [3.8, 4) is 0 Å². The summed E-state index contributed by atoms with van der Waals surface area (Å²) in [5.74, 6) is 0. The van der Waals surface area contributed by atoms with Crippen molar-refractivity contribution in [2.24, 2.45) is 0 Å². The van der Waals surface area contributed by atoms with Crippen LogP contribution in [0.25, 0.3) is 0 Å². The molecular formula is C18H19FN2O3.